The minimum absolute atomic E-state index is 0.0818. The van der Waals surface area contributed by atoms with Crippen molar-refractivity contribution in [3.63, 3.8) is 0 Å². The van der Waals surface area contributed by atoms with Gasteiger partial charge in [-0.15, -0.1) is 0 Å². The lowest BCUT2D eigenvalue weighted by Crippen LogP contribution is -2.52. The summed E-state index contributed by atoms with van der Waals surface area (Å²) in [6.45, 7) is 2.47. The molecule has 0 radical (unpaired) electrons. The molecular weight excluding hydrogens is 270 g/mol. The highest BCUT2D eigenvalue weighted by Crippen LogP contribution is 2.21. The monoisotopic (exact) mass is 285 g/mol. The summed E-state index contributed by atoms with van der Waals surface area (Å²) in [7, 11) is 0. The van der Waals surface area contributed by atoms with E-state index in [4.69, 9.17) is 27.2 Å². The van der Waals surface area contributed by atoms with E-state index in [-0.39, 0.29) is 35.5 Å². The summed E-state index contributed by atoms with van der Waals surface area (Å²) < 4.78 is 5.40. The first-order valence-corrected chi connectivity index (χ1v) is 6.35. The highest BCUT2D eigenvalue weighted by atomic mass is 35.5. The first-order chi connectivity index (χ1) is 9.02. The first-order valence-electron chi connectivity index (χ1n) is 5.97. The molecule has 6 nitrogen and oxygen atoms in total. The Kier molecular flexibility index (Phi) is 4.24. The second-order valence-corrected chi connectivity index (χ2v) is 4.93. The van der Waals surface area contributed by atoms with Crippen LogP contribution in [-0.4, -0.2) is 52.8 Å². The van der Waals surface area contributed by atoms with E-state index in [9.17, 15) is 4.79 Å². The standard InChI is InChI=1S/C12H16ClN3O3/c1-7-6-19-8(5-17)4-16(7)12(18)9-2-11(13)15-3-10(9)14/h2-3,7-8,17H,4-6,14H2,1H3. The van der Waals surface area contributed by atoms with Gasteiger partial charge in [-0.25, -0.2) is 4.98 Å². The number of ether oxygens (including phenoxy) is 1. The van der Waals surface area contributed by atoms with Gasteiger partial charge in [0.2, 0.25) is 0 Å². The first kappa shape index (κ1) is 14.0. The van der Waals surface area contributed by atoms with Gasteiger partial charge in [0, 0.05) is 6.54 Å². The van der Waals surface area contributed by atoms with Crippen LogP contribution in [0.2, 0.25) is 5.15 Å². The number of nitrogens with two attached hydrogens (primary N) is 1. The van der Waals surface area contributed by atoms with Crippen LogP contribution < -0.4 is 5.73 Å². The lowest BCUT2D eigenvalue weighted by molar-refractivity contribution is -0.0667. The van der Waals surface area contributed by atoms with Crippen molar-refractivity contribution in [3.05, 3.63) is 23.0 Å². The average Bonchev–Trinajstić information content (AvgIpc) is 2.41. The van der Waals surface area contributed by atoms with Crippen LogP contribution in [0.5, 0.6) is 0 Å². The number of aliphatic hydroxyl groups is 1. The zero-order valence-corrected chi connectivity index (χ0v) is 11.3. The number of hydrogen-bond donors (Lipinski definition) is 2. The number of aliphatic hydroxyl groups excluding tert-OH is 1. The smallest absolute Gasteiger partial charge is 0.256 e. The number of nitrogens with zero attached hydrogens (tertiary/aromatic N) is 2. The fourth-order valence-electron chi connectivity index (χ4n) is 1.99. The minimum atomic E-state index is -0.362. The van der Waals surface area contributed by atoms with Crippen molar-refractivity contribution in [1.29, 1.82) is 0 Å². The molecule has 1 saturated heterocycles. The molecular formula is C12H16ClN3O3. The number of hydrogen-bond acceptors (Lipinski definition) is 5. The molecule has 2 atom stereocenters. The Labute approximate surface area is 116 Å². The topological polar surface area (TPSA) is 88.7 Å². The number of carbonyl (C=O) groups is 1. The van der Waals surface area contributed by atoms with Gasteiger partial charge in [0.25, 0.3) is 5.91 Å². The van der Waals surface area contributed by atoms with E-state index in [0.717, 1.165) is 0 Å². The molecule has 0 bridgehead atoms. The number of anilines is 1. The van der Waals surface area contributed by atoms with Crippen molar-refractivity contribution in [2.24, 2.45) is 0 Å². The third kappa shape index (κ3) is 2.97. The Balaban J connectivity index is 2.24. The van der Waals surface area contributed by atoms with Crippen molar-refractivity contribution < 1.29 is 14.6 Å². The van der Waals surface area contributed by atoms with Gasteiger partial charge in [-0.1, -0.05) is 11.6 Å². The zero-order chi connectivity index (χ0) is 14.0. The molecule has 1 aliphatic heterocycles. The summed E-state index contributed by atoms with van der Waals surface area (Å²) in [4.78, 5) is 17.9. The van der Waals surface area contributed by atoms with Crippen molar-refractivity contribution in [3.8, 4) is 0 Å². The average molecular weight is 286 g/mol. The number of halogens is 1. The van der Waals surface area contributed by atoms with E-state index >= 15 is 0 Å². The van der Waals surface area contributed by atoms with Gasteiger partial charge in [0.05, 0.1) is 42.8 Å². The summed E-state index contributed by atoms with van der Waals surface area (Å²) >= 11 is 5.79. The molecule has 2 heterocycles. The summed E-state index contributed by atoms with van der Waals surface area (Å²) in [5, 5.41) is 9.35. The number of morpholine rings is 1. The van der Waals surface area contributed by atoms with E-state index in [2.05, 4.69) is 4.98 Å². The van der Waals surface area contributed by atoms with E-state index in [1.807, 2.05) is 6.92 Å². The maximum atomic E-state index is 12.5. The molecule has 2 rings (SSSR count). The molecule has 2 unspecified atom stereocenters. The number of amides is 1. The van der Waals surface area contributed by atoms with Crippen LogP contribution in [0, 0.1) is 0 Å². The van der Waals surface area contributed by atoms with Crippen LogP contribution >= 0.6 is 11.6 Å². The largest absolute Gasteiger partial charge is 0.397 e. The minimum Gasteiger partial charge on any atom is -0.397 e. The number of carbonyl (C=O) groups excluding carboxylic acids is 1. The van der Waals surface area contributed by atoms with Gasteiger partial charge >= 0.3 is 0 Å². The summed E-state index contributed by atoms with van der Waals surface area (Å²) in [5.41, 5.74) is 6.37. The Bertz CT molecular complexity index is 483. The van der Waals surface area contributed by atoms with Crippen LogP contribution in [0.1, 0.15) is 17.3 Å². The number of pyridine rings is 1. The molecule has 1 aliphatic rings. The van der Waals surface area contributed by atoms with Crippen LogP contribution in [0.4, 0.5) is 5.69 Å². The van der Waals surface area contributed by atoms with Crippen LogP contribution in [0.25, 0.3) is 0 Å². The van der Waals surface area contributed by atoms with Crippen molar-refractivity contribution in [2.75, 3.05) is 25.5 Å². The predicted octanol–water partition coefficient (Wildman–Crippen LogP) is 0.539. The molecule has 0 spiro atoms. The quantitative estimate of drug-likeness (QED) is 0.774. The lowest BCUT2D eigenvalue weighted by Gasteiger charge is -2.37. The van der Waals surface area contributed by atoms with Crippen molar-refractivity contribution >= 4 is 23.2 Å². The molecule has 19 heavy (non-hydrogen) atoms. The second kappa shape index (κ2) is 5.73. The van der Waals surface area contributed by atoms with Gasteiger partial charge < -0.3 is 20.5 Å². The maximum absolute atomic E-state index is 12.5. The molecule has 1 aromatic heterocycles. The number of aromatic nitrogens is 1. The van der Waals surface area contributed by atoms with Gasteiger partial charge in [-0.3, -0.25) is 4.79 Å². The Morgan fingerprint density at radius 1 is 1.74 bits per heavy atom. The lowest BCUT2D eigenvalue weighted by atomic mass is 10.1. The summed E-state index contributed by atoms with van der Waals surface area (Å²) in [6, 6.07) is 1.37. The van der Waals surface area contributed by atoms with E-state index in [0.29, 0.717) is 18.7 Å². The van der Waals surface area contributed by atoms with Gasteiger partial charge in [0.1, 0.15) is 5.15 Å². The molecule has 1 amide bonds. The van der Waals surface area contributed by atoms with Crippen molar-refractivity contribution in [2.45, 2.75) is 19.1 Å². The molecule has 3 N–H and O–H groups in total. The zero-order valence-electron chi connectivity index (χ0n) is 10.5. The fraction of sp³-hybridized carbons (Fsp3) is 0.500. The van der Waals surface area contributed by atoms with Crippen LogP contribution in [0.3, 0.4) is 0 Å². The second-order valence-electron chi connectivity index (χ2n) is 4.54. The van der Waals surface area contributed by atoms with Crippen molar-refractivity contribution in [1.82, 2.24) is 9.88 Å². The molecule has 1 fully saturated rings. The Hall–Kier alpha value is -1.37. The Morgan fingerprint density at radius 3 is 3.16 bits per heavy atom. The highest BCUT2D eigenvalue weighted by Gasteiger charge is 2.30. The van der Waals surface area contributed by atoms with Gasteiger partial charge in [-0.05, 0) is 13.0 Å². The van der Waals surface area contributed by atoms with E-state index < -0.39 is 0 Å². The van der Waals surface area contributed by atoms with Gasteiger partial charge in [0.15, 0.2) is 0 Å². The third-order valence-electron chi connectivity index (χ3n) is 3.10. The summed E-state index contributed by atoms with van der Waals surface area (Å²) in [6.07, 6.45) is 1.00. The highest BCUT2D eigenvalue weighted by molar-refractivity contribution is 6.29. The molecule has 0 aromatic carbocycles. The number of rotatable bonds is 2. The number of nitrogen functional groups attached to an aromatic ring is 1. The SMILES string of the molecule is CC1COC(CO)CN1C(=O)c1cc(Cl)ncc1N. The molecule has 7 heteroatoms. The molecule has 0 aliphatic carbocycles. The Morgan fingerprint density at radius 2 is 2.47 bits per heavy atom. The van der Waals surface area contributed by atoms with Gasteiger partial charge in [-0.2, -0.15) is 0 Å². The molecule has 1 aromatic rings. The fourth-order valence-corrected chi connectivity index (χ4v) is 2.15. The van der Waals surface area contributed by atoms with Crippen LogP contribution in [-0.2, 0) is 4.74 Å². The van der Waals surface area contributed by atoms with E-state index in [1.54, 1.807) is 4.90 Å². The normalized spacial score (nSPS) is 23.4. The van der Waals surface area contributed by atoms with E-state index in [1.165, 1.54) is 12.3 Å². The maximum Gasteiger partial charge on any atom is 0.256 e. The third-order valence-corrected chi connectivity index (χ3v) is 3.31. The molecule has 0 saturated carbocycles. The summed E-state index contributed by atoms with van der Waals surface area (Å²) in [5.74, 6) is -0.226. The molecule has 104 valence electrons. The predicted molar refractivity (Wildman–Crippen MR) is 71.0 cm³/mol. The van der Waals surface area contributed by atoms with Crippen LogP contribution in [0.15, 0.2) is 12.3 Å².